The van der Waals surface area contributed by atoms with Gasteiger partial charge in [-0.25, -0.2) is 9.97 Å². The van der Waals surface area contributed by atoms with Gasteiger partial charge in [-0.1, -0.05) is 0 Å². The largest absolute Gasteiger partial charge is 0.494 e. The minimum Gasteiger partial charge on any atom is -0.494 e. The monoisotopic (exact) mass is 378 g/mol. The van der Waals surface area contributed by atoms with Gasteiger partial charge in [0.15, 0.2) is 5.65 Å². The van der Waals surface area contributed by atoms with Gasteiger partial charge in [-0.2, -0.15) is 0 Å². The van der Waals surface area contributed by atoms with Crippen LogP contribution in [0.2, 0.25) is 0 Å². The summed E-state index contributed by atoms with van der Waals surface area (Å²) in [6.07, 6.45) is 3.69. The summed E-state index contributed by atoms with van der Waals surface area (Å²) in [6, 6.07) is 11.4. The third kappa shape index (κ3) is 3.59. The van der Waals surface area contributed by atoms with Crippen molar-refractivity contribution in [2.75, 3.05) is 19.7 Å². The summed E-state index contributed by atoms with van der Waals surface area (Å²) in [5.74, 6) is 2.38. The van der Waals surface area contributed by atoms with E-state index < -0.39 is 0 Å². The first kappa shape index (κ1) is 18.5. The summed E-state index contributed by atoms with van der Waals surface area (Å²) in [5.41, 5.74) is 2.61. The second kappa shape index (κ2) is 8.00. The van der Waals surface area contributed by atoms with Crippen LogP contribution in [0.15, 0.2) is 42.6 Å². The maximum absolute atomic E-state index is 12.8. The molecule has 0 spiro atoms. The minimum absolute atomic E-state index is 0.0937. The fourth-order valence-corrected chi connectivity index (χ4v) is 3.98. The summed E-state index contributed by atoms with van der Waals surface area (Å²) < 4.78 is 7.64. The highest BCUT2D eigenvalue weighted by Crippen LogP contribution is 2.24. The number of likely N-dealkylation sites (tertiary alicyclic amines) is 1. The van der Waals surface area contributed by atoms with Crippen molar-refractivity contribution in [3.63, 3.8) is 0 Å². The molecule has 1 fully saturated rings. The second-order valence-electron chi connectivity index (χ2n) is 7.19. The maximum Gasteiger partial charge on any atom is 0.253 e. The zero-order valence-corrected chi connectivity index (χ0v) is 16.5. The number of carbonyl (C=O) groups is 1. The van der Waals surface area contributed by atoms with E-state index in [-0.39, 0.29) is 5.91 Å². The molecule has 3 heterocycles. The van der Waals surface area contributed by atoms with Crippen LogP contribution in [0, 0.1) is 5.92 Å². The Morgan fingerprint density at radius 3 is 2.79 bits per heavy atom. The zero-order chi connectivity index (χ0) is 19.5. The minimum atomic E-state index is 0.0937. The van der Waals surface area contributed by atoms with E-state index in [0.29, 0.717) is 18.1 Å². The number of carbonyl (C=O) groups excluding carboxylic acids is 1. The zero-order valence-electron chi connectivity index (χ0n) is 16.5. The first-order valence-corrected chi connectivity index (χ1v) is 10.0. The molecule has 2 aromatic heterocycles. The summed E-state index contributed by atoms with van der Waals surface area (Å²) >= 11 is 0. The molecule has 1 aromatic carbocycles. The third-order valence-electron chi connectivity index (χ3n) is 5.36. The molecule has 0 N–H and O–H groups in total. The number of benzene rings is 1. The maximum atomic E-state index is 12.8. The Labute approximate surface area is 165 Å². The van der Waals surface area contributed by atoms with Gasteiger partial charge in [-0.3, -0.25) is 4.79 Å². The Bertz CT molecular complexity index is 964. The quantitative estimate of drug-likeness (QED) is 0.658. The Hall–Kier alpha value is -2.89. The summed E-state index contributed by atoms with van der Waals surface area (Å²) in [7, 11) is 0. The highest BCUT2D eigenvalue weighted by Gasteiger charge is 2.28. The van der Waals surface area contributed by atoms with Crippen LogP contribution in [-0.4, -0.2) is 45.0 Å². The van der Waals surface area contributed by atoms with Crippen LogP contribution in [0.3, 0.4) is 0 Å². The van der Waals surface area contributed by atoms with Crippen molar-refractivity contribution in [3.8, 4) is 5.75 Å². The van der Waals surface area contributed by atoms with E-state index in [1.165, 1.54) is 0 Å². The van der Waals surface area contributed by atoms with Crippen molar-refractivity contribution < 1.29 is 9.53 Å². The Balaban J connectivity index is 1.43. The van der Waals surface area contributed by atoms with Gasteiger partial charge in [0.25, 0.3) is 5.91 Å². The van der Waals surface area contributed by atoms with Crippen molar-refractivity contribution in [2.24, 2.45) is 5.92 Å². The van der Waals surface area contributed by atoms with Crippen LogP contribution in [-0.2, 0) is 13.0 Å². The molecular formula is C22H26N4O2. The number of hydrogen-bond donors (Lipinski definition) is 0. The summed E-state index contributed by atoms with van der Waals surface area (Å²) in [5, 5.41) is 0. The number of pyridine rings is 1. The smallest absolute Gasteiger partial charge is 0.253 e. The molecule has 28 heavy (non-hydrogen) atoms. The van der Waals surface area contributed by atoms with Crippen LogP contribution in [0.1, 0.15) is 36.5 Å². The molecule has 1 aliphatic rings. The lowest BCUT2D eigenvalue weighted by atomic mass is 10.0. The Kier molecular flexibility index (Phi) is 5.28. The SMILES string of the molecule is CCOc1ccc(C(=O)N2CC[C@H](Cc3nc4cccnc4n3CC)C2)cc1. The van der Waals surface area contributed by atoms with Crippen molar-refractivity contribution >= 4 is 17.1 Å². The lowest BCUT2D eigenvalue weighted by Crippen LogP contribution is -2.29. The molecule has 3 aromatic rings. The van der Waals surface area contributed by atoms with E-state index in [4.69, 9.17) is 9.72 Å². The molecule has 146 valence electrons. The van der Waals surface area contributed by atoms with Crippen LogP contribution in [0.4, 0.5) is 0 Å². The van der Waals surface area contributed by atoms with Crippen molar-refractivity contribution in [3.05, 3.63) is 54.0 Å². The molecule has 6 nitrogen and oxygen atoms in total. The number of aromatic nitrogens is 3. The summed E-state index contributed by atoms with van der Waals surface area (Å²) in [4.78, 5) is 24.0. The number of aryl methyl sites for hydroxylation is 1. The highest BCUT2D eigenvalue weighted by atomic mass is 16.5. The number of ether oxygens (including phenoxy) is 1. The Morgan fingerprint density at radius 2 is 2.04 bits per heavy atom. The molecule has 0 bridgehead atoms. The van der Waals surface area contributed by atoms with Crippen molar-refractivity contribution in [1.29, 1.82) is 0 Å². The molecule has 0 radical (unpaired) electrons. The lowest BCUT2D eigenvalue weighted by molar-refractivity contribution is 0.0787. The highest BCUT2D eigenvalue weighted by molar-refractivity contribution is 5.94. The molecule has 4 rings (SSSR count). The molecule has 1 atom stereocenters. The lowest BCUT2D eigenvalue weighted by Gasteiger charge is -2.17. The predicted molar refractivity (Wildman–Crippen MR) is 109 cm³/mol. The third-order valence-corrected chi connectivity index (χ3v) is 5.36. The van der Waals surface area contributed by atoms with Crippen molar-refractivity contribution in [2.45, 2.75) is 33.2 Å². The second-order valence-corrected chi connectivity index (χ2v) is 7.19. The van der Waals surface area contributed by atoms with E-state index >= 15 is 0 Å². The molecule has 0 saturated carbocycles. The van der Waals surface area contributed by atoms with Crippen LogP contribution in [0.5, 0.6) is 5.75 Å². The molecule has 0 unspecified atom stereocenters. The van der Waals surface area contributed by atoms with Gasteiger partial charge in [-0.05, 0) is 62.6 Å². The average molecular weight is 378 g/mol. The molecule has 1 saturated heterocycles. The molecule has 6 heteroatoms. The van der Waals surface area contributed by atoms with E-state index in [0.717, 1.165) is 55.2 Å². The van der Waals surface area contributed by atoms with Gasteiger partial charge in [0.1, 0.15) is 17.1 Å². The van der Waals surface area contributed by atoms with Crippen LogP contribution < -0.4 is 4.74 Å². The fraction of sp³-hybridized carbons (Fsp3) is 0.409. The van der Waals surface area contributed by atoms with E-state index in [1.807, 2.05) is 54.4 Å². The molecule has 1 aliphatic heterocycles. The van der Waals surface area contributed by atoms with Crippen molar-refractivity contribution in [1.82, 2.24) is 19.4 Å². The van der Waals surface area contributed by atoms with Gasteiger partial charge in [0, 0.05) is 37.8 Å². The van der Waals surface area contributed by atoms with E-state index in [1.54, 1.807) is 0 Å². The van der Waals surface area contributed by atoms with Crippen LogP contribution >= 0.6 is 0 Å². The van der Waals surface area contributed by atoms with Gasteiger partial charge in [-0.15, -0.1) is 0 Å². The average Bonchev–Trinajstić information content (AvgIpc) is 3.32. The topological polar surface area (TPSA) is 60.2 Å². The normalized spacial score (nSPS) is 16.6. The first-order valence-electron chi connectivity index (χ1n) is 10.0. The molecule has 0 aliphatic carbocycles. The number of fused-ring (bicyclic) bond motifs is 1. The van der Waals surface area contributed by atoms with E-state index in [9.17, 15) is 4.79 Å². The van der Waals surface area contributed by atoms with E-state index in [2.05, 4.69) is 16.5 Å². The van der Waals surface area contributed by atoms with Gasteiger partial charge < -0.3 is 14.2 Å². The Morgan fingerprint density at radius 1 is 1.21 bits per heavy atom. The standard InChI is InChI=1S/C22H26N4O2/c1-3-26-20(24-19-6-5-12-23-21(19)26)14-16-11-13-25(15-16)22(27)17-7-9-18(10-8-17)28-4-2/h5-10,12,16H,3-4,11,13-15H2,1-2H3/t16-/m1/s1. The number of hydrogen-bond acceptors (Lipinski definition) is 4. The summed E-state index contributed by atoms with van der Waals surface area (Å²) in [6.45, 7) is 7.11. The van der Waals surface area contributed by atoms with Crippen LogP contribution in [0.25, 0.3) is 11.2 Å². The number of rotatable bonds is 6. The van der Waals surface area contributed by atoms with Gasteiger partial charge in [0.2, 0.25) is 0 Å². The fourth-order valence-electron chi connectivity index (χ4n) is 3.98. The molecule has 1 amide bonds. The number of imidazole rings is 1. The molecular weight excluding hydrogens is 352 g/mol. The predicted octanol–water partition coefficient (Wildman–Crippen LogP) is 3.55. The van der Waals surface area contributed by atoms with Gasteiger partial charge in [0.05, 0.1) is 6.61 Å². The first-order chi connectivity index (χ1) is 13.7. The number of amides is 1. The van der Waals surface area contributed by atoms with Gasteiger partial charge >= 0.3 is 0 Å². The number of nitrogens with zero attached hydrogens (tertiary/aromatic N) is 4.